The second-order valence-corrected chi connectivity index (χ2v) is 6.44. The van der Waals surface area contributed by atoms with Crippen LogP contribution in [0.3, 0.4) is 0 Å². The molecule has 0 saturated carbocycles. The third-order valence-electron chi connectivity index (χ3n) is 4.52. The normalized spacial score (nSPS) is 13.8. The number of amides is 2. The standard InChI is InChI=1S/C20H19N5O2/c26-19-5-2-10-25(19)18-4-1-3-16(11-18)20(27)23-17-8-6-15(7-9-17)12-24-14-21-13-22-24/h1,3-4,6-9,11,13-14H,2,5,10,12H2,(H,23,27). The Morgan fingerprint density at radius 2 is 2.00 bits per heavy atom. The molecule has 2 heterocycles. The van der Waals surface area contributed by atoms with Gasteiger partial charge in [0.15, 0.2) is 0 Å². The van der Waals surface area contributed by atoms with Crippen LogP contribution < -0.4 is 10.2 Å². The largest absolute Gasteiger partial charge is 0.322 e. The summed E-state index contributed by atoms with van der Waals surface area (Å²) < 4.78 is 1.73. The van der Waals surface area contributed by atoms with Crippen LogP contribution in [0.2, 0.25) is 0 Å². The number of nitrogens with zero attached hydrogens (tertiary/aromatic N) is 4. The molecule has 136 valence electrons. The lowest BCUT2D eigenvalue weighted by Gasteiger charge is -2.16. The number of anilines is 2. The molecule has 4 rings (SSSR count). The first kappa shape index (κ1) is 17.0. The molecule has 0 unspecified atom stereocenters. The minimum absolute atomic E-state index is 0.107. The number of rotatable bonds is 5. The maximum Gasteiger partial charge on any atom is 0.255 e. The SMILES string of the molecule is O=C(Nc1ccc(Cn2cncn2)cc1)c1cccc(N2CCCC2=O)c1. The molecule has 1 fully saturated rings. The summed E-state index contributed by atoms with van der Waals surface area (Å²) in [4.78, 5) is 30.1. The van der Waals surface area contributed by atoms with Crippen molar-refractivity contribution in [2.75, 3.05) is 16.8 Å². The van der Waals surface area contributed by atoms with E-state index in [0.29, 0.717) is 30.8 Å². The minimum atomic E-state index is -0.201. The fraction of sp³-hybridized carbons (Fsp3) is 0.200. The summed E-state index contributed by atoms with van der Waals surface area (Å²) in [6.45, 7) is 1.33. The van der Waals surface area contributed by atoms with E-state index in [9.17, 15) is 9.59 Å². The van der Waals surface area contributed by atoms with E-state index in [4.69, 9.17) is 0 Å². The number of carbonyl (C=O) groups is 2. The van der Waals surface area contributed by atoms with Crippen LogP contribution >= 0.6 is 0 Å². The predicted molar refractivity (Wildman–Crippen MR) is 102 cm³/mol. The first-order chi connectivity index (χ1) is 13.2. The quantitative estimate of drug-likeness (QED) is 0.758. The van der Waals surface area contributed by atoms with Gasteiger partial charge in [0.1, 0.15) is 12.7 Å². The third-order valence-corrected chi connectivity index (χ3v) is 4.52. The Balaban J connectivity index is 1.43. The molecular weight excluding hydrogens is 342 g/mol. The van der Waals surface area contributed by atoms with Gasteiger partial charge in [0.05, 0.1) is 6.54 Å². The van der Waals surface area contributed by atoms with Crippen molar-refractivity contribution in [3.63, 3.8) is 0 Å². The highest BCUT2D eigenvalue weighted by molar-refractivity contribution is 6.05. The Morgan fingerprint density at radius 3 is 2.70 bits per heavy atom. The van der Waals surface area contributed by atoms with Gasteiger partial charge in [-0.05, 0) is 42.3 Å². The molecule has 1 aromatic heterocycles. The Kier molecular flexibility index (Phi) is 4.65. The van der Waals surface area contributed by atoms with E-state index in [0.717, 1.165) is 17.7 Å². The van der Waals surface area contributed by atoms with Crippen molar-refractivity contribution in [1.29, 1.82) is 0 Å². The molecule has 0 atom stereocenters. The summed E-state index contributed by atoms with van der Waals surface area (Å²) in [5.41, 5.74) is 3.07. The molecule has 0 aliphatic carbocycles. The van der Waals surface area contributed by atoms with Gasteiger partial charge in [0.2, 0.25) is 5.91 Å². The number of hydrogen-bond acceptors (Lipinski definition) is 4. The number of nitrogens with one attached hydrogen (secondary N) is 1. The minimum Gasteiger partial charge on any atom is -0.322 e. The Hall–Kier alpha value is -3.48. The maximum atomic E-state index is 12.6. The van der Waals surface area contributed by atoms with Gasteiger partial charge in [-0.15, -0.1) is 0 Å². The number of aromatic nitrogens is 3. The lowest BCUT2D eigenvalue weighted by Crippen LogP contribution is -2.24. The van der Waals surface area contributed by atoms with E-state index < -0.39 is 0 Å². The Labute approximate surface area is 156 Å². The van der Waals surface area contributed by atoms with E-state index in [1.54, 1.807) is 34.1 Å². The van der Waals surface area contributed by atoms with E-state index >= 15 is 0 Å². The zero-order valence-corrected chi connectivity index (χ0v) is 14.7. The van der Waals surface area contributed by atoms with Gasteiger partial charge in [0, 0.05) is 29.9 Å². The van der Waals surface area contributed by atoms with Gasteiger partial charge >= 0.3 is 0 Å². The van der Waals surface area contributed by atoms with Crippen molar-refractivity contribution in [3.05, 3.63) is 72.3 Å². The van der Waals surface area contributed by atoms with Crippen LogP contribution in [0.4, 0.5) is 11.4 Å². The summed E-state index contributed by atoms with van der Waals surface area (Å²) in [6, 6.07) is 14.8. The molecule has 3 aromatic rings. The lowest BCUT2D eigenvalue weighted by molar-refractivity contribution is -0.117. The molecule has 1 aliphatic rings. The van der Waals surface area contributed by atoms with Crippen LogP contribution in [0.15, 0.2) is 61.2 Å². The van der Waals surface area contributed by atoms with E-state index in [1.807, 2.05) is 30.3 Å². The van der Waals surface area contributed by atoms with Crippen molar-refractivity contribution < 1.29 is 9.59 Å². The molecule has 7 nitrogen and oxygen atoms in total. The molecular formula is C20H19N5O2. The van der Waals surface area contributed by atoms with Crippen molar-refractivity contribution in [2.24, 2.45) is 0 Å². The highest BCUT2D eigenvalue weighted by Gasteiger charge is 2.22. The monoisotopic (exact) mass is 361 g/mol. The fourth-order valence-corrected chi connectivity index (χ4v) is 3.13. The van der Waals surface area contributed by atoms with Crippen LogP contribution in [0.5, 0.6) is 0 Å². The van der Waals surface area contributed by atoms with Gasteiger partial charge < -0.3 is 10.2 Å². The van der Waals surface area contributed by atoms with Crippen LogP contribution in [-0.2, 0) is 11.3 Å². The molecule has 0 radical (unpaired) electrons. The first-order valence-electron chi connectivity index (χ1n) is 8.82. The van der Waals surface area contributed by atoms with Crippen LogP contribution in [0.1, 0.15) is 28.8 Å². The highest BCUT2D eigenvalue weighted by Crippen LogP contribution is 2.23. The van der Waals surface area contributed by atoms with E-state index in [-0.39, 0.29) is 11.8 Å². The first-order valence-corrected chi connectivity index (χ1v) is 8.82. The predicted octanol–water partition coefficient (Wildman–Crippen LogP) is 2.71. The number of hydrogen-bond donors (Lipinski definition) is 1. The van der Waals surface area contributed by atoms with Gasteiger partial charge in [0.25, 0.3) is 5.91 Å². The van der Waals surface area contributed by atoms with Gasteiger partial charge in [-0.2, -0.15) is 5.10 Å². The van der Waals surface area contributed by atoms with Gasteiger partial charge in [-0.1, -0.05) is 18.2 Å². The summed E-state index contributed by atoms with van der Waals surface area (Å²) in [6.07, 6.45) is 4.58. The molecule has 7 heteroatoms. The Bertz CT molecular complexity index is 951. The smallest absolute Gasteiger partial charge is 0.255 e. The summed E-state index contributed by atoms with van der Waals surface area (Å²) in [7, 11) is 0. The van der Waals surface area contributed by atoms with Crippen LogP contribution in [-0.4, -0.2) is 33.1 Å². The maximum absolute atomic E-state index is 12.6. The van der Waals surface area contributed by atoms with Gasteiger partial charge in [-0.3, -0.25) is 9.59 Å². The second kappa shape index (κ2) is 7.41. The van der Waals surface area contributed by atoms with Gasteiger partial charge in [-0.25, -0.2) is 9.67 Å². The molecule has 2 aromatic carbocycles. The van der Waals surface area contributed by atoms with E-state index in [1.165, 1.54) is 6.33 Å². The van der Waals surface area contributed by atoms with E-state index in [2.05, 4.69) is 15.4 Å². The number of benzene rings is 2. The lowest BCUT2D eigenvalue weighted by atomic mass is 10.1. The summed E-state index contributed by atoms with van der Waals surface area (Å²) in [5.74, 6) is -0.0944. The molecule has 1 saturated heterocycles. The number of carbonyl (C=O) groups excluding carboxylic acids is 2. The van der Waals surface area contributed by atoms with Crippen LogP contribution in [0, 0.1) is 0 Å². The third kappa shape index (κ3) is 3.87. The van der Waals surface area contributed by atoms with Crippen molar-refractivity contribution in [3.8, 4) is 0 Å². The highest BCUT2D eigenvalue weighted by atomic mass is 16.2. The fourth-order valence-electron chi connectivity index (χ4n) is 3.13. The summed E-state index contributed by atoms with van der Waals surface area (Å²) in [5, 5.41) is 6.97. The molecule has 1 aliphatic heterocycles. The second-order valence-electron chi connectivity index (χ2n) is 6.44. The average molecular weight is 361 g/mol. The Morgan fingerprint density at radius 1 is 1.15 bits per heavy atom. The van der Waals surface area contributed by atoms with Crippen molar-refractivity contribution >= 4 is 23.2 Å². The molecule has 2 amide bonds. The molecule has 27 heavy (non-hydrogen) atoms. The summed E-state index contributed by atoms with van der Waals surface area (Å²) >= 11 is 0. The molecule has 0 bridgehead atoms. The van der Waals surface area contributed by atoms with Crippen molar-refractivity contribution in [1.82, 2.24) is 14.8 Å². The molecule has 1 N–H and O–H groups in total. The van der Waals surface area contributed by atoms with Crippen molar-refractivity contribution in [2.45, 2.75) is 19.4 Å². The van der Waals surface area contributed by atoms with Crippen LogP contribution in [0.25, 0.3) is 0 Å². The molecule has 0 spiro atoms. The zero-order valence-electron chi connectivity index (χ0n) is 14.7. The average Bonchev–Trinajstić information content (AvgIpc) is 3.35. The zero-order chi connectivity index (χ0) is 18.6. The topological polar surface area (TPSA) is 80.1 Å².